The molecule has 1 fully saturated rings. The highest BCUT2D eigenvalue weighted by molar-refractivity contribution is 5.42. The molecule has 2 rings (SSSR count). The molecule has 2 N–H and O–H groups in total. The fourth-order valence-electron chi connectivity index (χ4n) is 2.43. The summed E-state index contributed by atoms with van der Waals surface area (Å²) >= 11 is 0. The zero-order valence-electron chi connectivity index (χ0n) is 11.3. The van der Waals surface area contributed by atoms with Crippen LogP contribution in [0.25, 0.3) is 0 Å². The third-order valence-electron chi connectivity index (χ3n) is 3.24. The molecule has 2 atom stereocenters. The smallest absolute Gasteiger partial charge is 0.213 e. The number of ether oxygens (including phenoxy) is 1. The van der Waals surface area contributed by atoms with Crippen molar-refractivity contribution in [1.82, 2.24) is 10.3 Å². The number of nitrogens with one attached hydrogen (secondary N) is 2. The van der Waals surface area contributed by atoms with Crippen molar-refractivity contribution < 1.29 is 4.74 Å². The van der Waals surface area contributed by atoms with E-state index in [0.29, 0.717) is 24.6 Å². The van der Waals surface area contributed by atoms with Gasteiger partial charge in [-0.15, -0.1) is 0 Å². The Labute approximate surface area is 109 Å². The van der Waals surface area contributed by atoms with Gasteiger partial charge in [0.25, 0.3) is 0 Å². The van der Waals surface area contributed by atoms with E-state index in [9.17, 15) is 0 Å². The van der Waals surface area contributed by atoms with E-state index in [1.807, 2.05) is 25.3 Å². The molecule has 1 aromatic rings. The molecule has 2 heterocycles. The van der Waals surface area contributed by atoms with Gasteiger partial charge in [0.2, 0.25) is 5.88 Å². The Kier molecular flexibility index (Phi) is 4.81. The minimum Gasteiger partial charge on any atom is -0.478 e. The van der Waals surface area contributed by atoms with Crippen LogP contribution in [-0.2, 0) is 0 Å². The zero-order valence-corrected chi connectivity index (χ0v) is 11.3. The molecule has 4 nitrogen and oxygen atoms in total. The normalized spacial score (nSPS) is 20.7. The second-order valence-electron chi connectivity index (χ2n) is 4.89. The standard InChI is InChI=1S/C14H23N3O/c1-3-18-14-7-6-13(10-16-14)17-11(2)9-12-5-4-8-15-12/h6-7,10-12,15,17H,3-5,8-9H2,1-2H3. The Bertz CT molecular complexity index is 347. The van der Waals surface area contributed by atoms with Gasteiger partial charge in [-0.25, -0.2) is 4.98 Å². The molecule has 0 aromatic carbocycles. The molecule has 0 bridgehead atoms. The minimum atomic E-state index is 0.459. The van der Waals surface area contributed by atoms with Crippen LogP contribution < -0.4 is 15.4 Å². The van der Waals surface area contributed by atoms with E-state index in [1.54, 1.807) is 0 Å². The lowest BCUT2D eigenvalue weighted by molar-refractivity contribution is 0.327. The van der Waals surface area contributed by atoms with Crippen LogP contribution >= 0.6 is 0 Å². The average molecular weight is 249 g/mol. The van der Waals surface area contributed by atoms with Gasteiger partial charge in [-0.1, -0.05) is 0 Å². The van der Waals surface area contributed by atoms with Gasteiger partial charge in [0, 0.05) is 18.2 Å². The van der Waals surface area contributed by atoms with Crippen LogP contribution in [0.3, 0.4) is 0 Å². The summed E-state index contributed by atoms with van der Waals surface area (Å²) in [6.07, 6.45) is 5.60. The summed E-state index contributed by atoms with van der Waals surface area (Å²) < 4.78 is 5.32. The monoisotopic (exact) mass is 249 g/mol. The molecule has 100 valence electrons. The van der Waals surface area contributed by atoms with Gasteiger partial charge in [-0.2, -0.15) is 0 Å². The van der Waals surface area contributed by atoms with Crippen molar-refractivity contribution >= 4 is 5.69 Å². The molecule has 1 saturated heterocycles. The van der Waals surface area contributed by atoms with E-state index in [-0.39, 0.29) is 0 Å². The van der Waals surface area contributed by atoms with E-state index < -0.39 is 0 Å². The second kappa shape index (κ2) is 6.59. The van der Waals surface area contributed by atoms with Gasteiger partial charge in [0.05, 0.1) is 18.5 Å². The van der Waals surface area contributed by atoms with E-state index >= 15 is 0 Å². The molecule has 0 amide bonds. The Balaban J connectivity index is 1.80. The van der Waals surface area contributed by atoms with Crippen LogP contribution in [0.4, 0.5) is 5.69 Å². The number of anilines is 1. The highest BCUT2D eigenvalue weighted by Crippen LogP contribution is 2.16. The summed E-state index contributed by atoms with van der Waals surface area (Å²) in [4.78, 5) is 4.25. The first kappa shape index (κ1) is 13.1. The van der Waals surface area contributed by atoms with Crippen LogP contribution in [0.15, 0.2) is 18.3 Å². The Hall–Kier alpha value is -1.29. The van der Waals surface area contributed by atoms with Gasteiger partial charge in [-0.3, -0.25) is 0 Å². The van der Waals surface area contributed by atoms with Crippen molar-refractivity contribution in [3.63, 3.8) is 0 Å². The molecule has 1 aromatic heterocycles. The van der Waals surface area contributed by atoms with Crippen molar-refractivity contribution in [2.75, 3.05) is 18.5 Å². The van der Waals surface area contributed by atoms with Crippen LogP contribution in [-0.4, -0.2) is 30.2 Å². The topological polar surface area (TPSA) is 46.2 Å². The van der Waals surface area contributed by atoms with E-state index in [4.69, 9.17) is 4.74 Å². The molecule has 0 radical (unpaired) electrons. The lowest BCUT2D eigenvalue weighted by atomic mass is 10.1. The maximum Gasteiger partial charge on any atom is 0.213 e. The third-order valence-corrected chi connectivity index (χ3v) is 3.24. The summed E-state index contributed by atoms with van der Waals surface area (Å²) in [5, 5.41) is 7.00. The number of hydrogen-bond donors (Lipinski definition) is 2. The summed E-state index contributed by atoms with van der Waals surface area (Å²) in [6, 6.07) is 5.06. The molecule has 1 aliphatic rings. The molecule has 2 unspecified atom stereocenters. The molecule has 4 heteroatoms. The van der Waals surface area contributed by atoms with Crippen LogP contribution in [0.2, 0.25) is 0 Å². The molecular formula is C14H23N3O. The summed E-state index contributed by atoms with van der Waals surface area (Å²) in [7, 11) is 0. The number of rotatable bonds is 6. The molecule has 0 saturated carbocycles. The summed E-state index contributed by atoms with van der Waals surface area (Å²) in [6.45, 7) is 6.01. The van der Waals surface area contributed by atoms with Crippen molar-refractivity contribution in [1.29, 1.82) is 0 Å². The number of aromatic nitrogens is 1. The summed E-state index contributed by atoms with van der Waals surface area (Å²) in [5.41, 5.74) is 1.06. The molecular weight excluding hydrogens is 226 g/mol. The Morgan fingerprint density at radius 2 is 2.44 bits per heavy atom. The van der Waals surface area contributed by atoms with Crippen LogP contribution in [0, 0.1) is 0 Å². The van der Waals surface area contributed by atoms with Gasteiger partial charge in [-0.05, 0) is 45.7 Å². The predicted octanol–water partition coefficient (Wildman–Crippen LogP) is 2.42. The second-order valence-corrected chi connectivity index (χ2v) is 4.89. The van der Waals surface area contributed by atoms with E-state index in [1.165, 1.54) is 19.4 Å². The van der Waals surface area contributed by atoms with Gasteiger partial charge in [0.15, 0.2) is 0 Å². The molecule has 1 aliphatic heterocycles. The fraction of sp³-hybridized carbons (Fsp3) is 0.643. The number of hydrogen-bond acceptors (Lipinski definition) is 4. The SMILES string of the molecule is CCOc1ccc(NC(C)CC2CCCN2)cn1. The number of pyridine rings is 1. The highest BCUT2D eigenvalue weighted by Gasteiger charge is 2.16. The predicted molar refractivity (Wildman–Crippen MR) is 74.1 cm³/mol. The largest absolute Gasteiger partial charge is 0.478 e. The first-order chi connectivity index (χ1) is 8.78. The summed E-state index contributed by atoms with van der Waals surface area (Å²) in [5.74, 6) is 0.688. The van der Waals surface area contributed by atoms with Gasteiger partial charge >= 0.3 is 0 Å². The zero-order chi connectivity index (χ0) is 12.8. The quantitative estimate of drug-likeness (QED) is 0.813. The van der Waals surface area contributed by atoms with Crippen molar-refractivity contribution in [2.45, 2.75) is 45.2 Å². The third kappa shape index (κ3) is 3.88. The molecule has 18 heavy (non-hydrogen) atoms. The van der Waals surface area contributed by atoms with Crippen molar-refractivity contribution in [2.24, 2.45) is 0 Å². The van der Waals surface area contributed by atoms with Gasteiger partial charge < -0.3 is 15.4 Å². The maximum absolute atomic E-state index is 5.32. The minimum absolute atomic E-state index is 0.459. The Morgan fingerprint density at radius 3 is 3.06 bits per heavy atom. The van der Waals surface area contributed by atoms with E-state index in [0.717, 1.165) is 12.1 Å². The van der Waals surface area contributed by atoms with Gasteiger partial charge in [0.1, 0.15) is 0 Å². The Morgan fingerprint density at radius 1 is 1.56 bits per heavy atom. The number of nitrogens with zero attached hydrogens (tertiary/aromatic N) is 1. The molecule has 0 aliphatic carbocycles. The van der Waals surface area contributed by atoms with Crippen LogP contribution in [0.5, 0.6) is 5.88 Å². The molecule has 0 spiro atoms. The van der Waals surface area contributed by atoms with Crippen LogP contribution in [0.1, 0.15) is 33.1 Å². The highest BCUT2D eigenvalue weighted by atomic mass is 16.5. The fourth-order valence-corrected chi connectivity index (χ4v) is 2.43. The first-order valence-electron chi connectivity index (χ1n) is 6.86. The van der Waals surface area contributed by atoms with E-state index in [2.05, 4.69) is 22.5 Å². The van der Waals surface area contributed by atoms with Crippen molar-refractivity contribution in [3.05, 3.63) is 18.3 Å². The average Bonchev–Trinajstić information content (AvgIpc) is 2.84. The van der Waals surface area contributed by atoms with Crippen molar-refractivity contribution in [3.8, 4) is 5.88 Å². The lowest BCUT2D eigenvalue weighted by Gasteiger charge is -2.19. The first-order valence-corrected chi connectivity index (χ1v) is 6.86. The lowest BCUT2D eigenvalue weighted by Crippen LogP contribution is -2.29. The maximum atomic E-state index is 5.32.